The van der Waals surface area contributed by atoms with Crippen LogP contribution in [-0.2, 0) is 41.6 Å². The van der Waals surface area contributed by atoms with Crippen LogP contribution in [0.25, 0.3) is 11.4 Å². The molecule has 5 aromatic heterocycles. The maximum atomic E-state index is 14.9. The zero-order chi connectivity index (χ0) is 56.7. The summed E-state index contributed by atoms with van der Waals surface area (Å²) >= 11 is 11.4. The van der Waals surface area contributed by atoms with Crippen LogP contribution >= 0.6 is 41.0 Å². The molecule has 3 aliphatic rings. The Kier molecular flexibility index (Phi) is 18.5. The van der Waals surface area contributed by atoms with Crippen molar-refractivity contribution in [1.29, 1.82) is 0 Å². The van der Waals surface area contributed by atoms with Crippen molar-refractivity contribution in [3.05, 3.63) is 189 Å². The van der Waals surface area contributed by atoms with E-state index in [9.17, 15) is 31.1 Å². The number of aromatic nitrogens is 9. The summed E-state index contributed by atoms with van der Waals surface area (Å²) in [6.45, 7) is 11.5. The SMILES string of the molecule is CC1(C)Nc2cc(F)c(Br)c(F)c2-n2c(Cc3cccnc3)nnc21.CC1(C)Nc2cc(F)cc(F)c2-n2c(Cc3cccnc3)nnc21.CC1(C)Nc2cc(F)cc(F)c2CC1=S.NCC(=O)Cc1cccnc1.[B]=NS. The predicted molar refractivity (Wildman–Crippen MR) is 297 cm³/mol. The van der Waals surface area contributed by atoms with Crippen LogP contribution in [0.1, 0.15) is 87.1 Å². The molecular weight excluding hydrogens is 1120 g/mol. The first-order chi connectivity index (χ1) is 37.0. The van der Waals surface area contributed by atoms with E-state index < -0.39 is 46.0 Å². The molecule has 1 radical (unpaired) electrons. The van der Waals surface area contributed by atoms with Gasteiger partial charge in [-0.2, -0.15) is 0 Å². The van der Waals surface area contributed by atoms with Crippen molar-refractivity contribution in [2.75, 3.05) is 22.5 Å². The average Bonchev–Trinajstić information content (AvgIpc) is 4.03. The number of pyridine rings is 3. The number of nitrogens with two attached hydrogens (primary N) is 1. The van der Waals surface area contributed by atoms with Crippen LogP contribution in [0.2, 0.25) is 0 Å². The van der Waals surface area contributed by atoms with Crippen LogP contribution in [0.15, 0.2) is 113 Å². The first-order valence-corrected chi connectivity index (χ1v) is 25.4. The van der Waals surface area contributed by atoms with Gasteiger partial charge < -0.3 is 21.7 Å². The minimum absolute atomic E-state index is 0.0398. The summed E-state index contributed by atoms with van der Waals surface area (Å²) in [5.74, 6) is -1.39. The summed E-state index contributed by atoms with van der Waals surface area (Å²) in [4.78, 5) is 23.6. The molecule has 5 N–H and O–H groups in total. The number of rotatable bonds is 7. The summed E-state index contributed by atoms with van der Waals surface area (Å²) in [5, 5.41) is 26.3. The van der Waals surface area contributed by atoms with E-state index in [1.165, 1.54) is 18.2 Å². The van der Waals surface area contributed by atoms with Crippen LogP contribution in [-0.4, -0.2) is 74.9 Å². The second kappa shape index (κ2) is 24.6. The number of carbonyl (C=O) groups is 1. The number of thiol groups is 1. The number of anilines is 3. The van der Waals surface area contributed by atoms with Crippen molar-refractivity contribution in [3.8, 4) is 11.4 Å². The second-order valence-corrected chi connectivity index (χ2v) is 21.0. The molecule has 0 bridgehead atoms. The summed E-state index contributed by atoms with van der Waals surface area (Å²) in [7, 11) is 4.34. The number of hydrogen-bond donors (Lipinski definition) is 5. The molecule has 3 aromatic carbocycles. The predicted octanol–water partition coefficient (Wildman–Crippen LogP) is 10.6. The molecule has 15 nitrogen and oxygen atoms in total. The number of nitrogens with zero attached hydrogens (tertiary/aromatic N) is 10. The second-order valence-electron chi connectivity index (χ2n) is 19.5. The van der Waals surface area contributed by atoms with Crippen molar-refractivity contribution >= 4 is 76.3 Å². The number of nitrogens with one attached hydrogen (secondary N) is 3. The molecule has 3 aliphatic heterocycles. The number of ketones is 1. The molecule has 25 heteroatoms. The summed E-state index contributed by atoms with van der Waals surface area (Å²) in [6.07, 6.45) is 11.8. The Balaban J connectivity index is 0.000000155. The van der Waals surface area contributed by atoms with Gasteiger partial charge in [-0.15, -0.1) is 20.4 Å². The van der Waals surface area contributed by atoms with E-state index >= 15 is 0 Å². The Morgan fingerprint density at radius 3 is 1.62 bits per heavy atom. The Bertz CT molecular complexity index is 3480. The van der Waals surface area contributed by atoms with E-state index in [1.54, 1.807) is 52.4 Å². The van der Waals surface area contributed by atoms with Gasteiger partial charge in [0, 0.05) is 97.2 Å². The molecule has 78 heavy (non-hydrogen) atoms. The van der Waals surface area contributed by atoms with Crippen molar-refractivity contribution in [2.45, 2.75) is 83.8 Å². The van der Waals surface area contributed by atoms with E-state index in [1.807, 2.05) is 71.9 Å². The van der Waals surface area contributed by atoms with Gasteiger partial charge in [0.15, 0.2) is 29.1 Å². The summed E-state index contributed by atoms with van der Waals surface area (Å²) < 4.78 is 89.2. The van der Waals surface area contributed by atoms with Crippen LogP contribution in [0.4, 0.5) is 43.4 Å². The first-order valence-electron chi connectivity index (χ1n) is 23.8. The van der Waals surface area contributed by atoms with Gasteiger partial charge in [-0.3, -0.25) is 28.9 Å². The Hall–Kier alpha value is -7.22. The monoisotopic (exact) mass is 1170 g/mol. The number of halogens is 7. The standard InChI is InChI=1S/C17H14BrF2N5.C17H15F2N5.C11H11F2NS.C8H10N2O.BHNS/c1-17(2)16-24-23-12(6-9-4-3-5-21-8-9)25(16)15-11(22-17)7-10(19)13(18)14(15)20;1-17(2)16-23-22-14(6-10-4-3-5-20-9-10)24(16)15-12(19)7-11(18)8-13(15)21-17;1-11(2)10(15)5-7-8(13)3-6(12)4-9(7)14-11;9-5-8(11)4-7-2-1-3-10-6-7;1-2-3/h3-5,7-8,22H,6H2,1-2H3;3-5,7-9,21H,6H2,1-2H3;3-4,14H,5H2,1-2H3;1-3,6H,4-5,9H2;3H. The molecule has 0 atom stereocenters. The van der Waals surface area contributed by atoms with Gasteiger partial charge in [0.2, 0.25) is 0 Å². The van der Waals surface area contributed by atoms with E-state index in [4.69, 9.17) is 18.0 Å². The molecule has 0 aliphatic carbocycles. The minimum atomic E-state index is -0.688. The Morgan fingerprint density at radius 2 is 1.13 bits per heavy atom. The van der Waals surface area contributed by atoms with Crippen LogP contribution < -0.4 is 21.7 Å². The Morgan fingerprint density at radius 1 is 0.679 bits per heavy atom. The molecule has 0 spiro atoms. The van der Waals surface area contributed by atoms with E-state index in [2.05, 4.69) is 92.0 Å². The first kappa shape index (κ1) is 58.5. The quantitative estimate of drug-likeness (QED) is 0.0333. The number of Topliss-reactive ketones (excluding diaryl/α,β-unsaturated/α-hetero) is 1. The van der Waals surface area contributed by atoms with Gasteiger partial charge in [-0.05, 0) is 104 Å². The fraction of sp³-hybridized carbons (Fsp3) is 0.264. The fourth-order valence-electron chi connectivity index (χ4n) is 8.57. The number of fused-ring (bicyclic) bond motifs is 7. The van der Waals surface area contributed by atoms with Crippen LogP contribution in [0.3, 0.4) is 0 Å². The number of carbonyl (C=O) groups excluding carboxylic acids is 1. The number of hydrogen-bond acceptors (Lipinski definition) is 15. The van der Waals surface area contributed by atoms with Crippen molar-refractivity contribution < 1.29 is 31.1 Å². The molecule has 0 amide bonds. The molecule has 8 heterocycles. The van der Waals surface area contributed by atoms with Gasteiger partial charge in [-0.25, -0.2) is 26.3 Å². The molecule has 11 rings (SSSR count). The van der Waals surface area contributed by atoms with Gasteiger partial charge in [0.25, 0.3) is 0 Å². The molecule has 0 saturated heterocycles. The van der Waals surface area contributed by atoms with E-state index in [-0.39, 0.29) is 33.7 Å². The van der Waals surface area contributed by atoms with Crippen molar-refractivity contribution in [3.63, 3.8) is 0 Å². The molecular formula is C53H51BBrF6N14OS2. The third-order valence-electron chi connectivity index (χ3n) is 12.2. The number of thiocarbonyl (C=S) groups is 1. The zero-order valence-electron chi connectivity index (χ0n) is 42.9. The van der Waals surface area contributed by atoms with Crippen molar-refractivity contribution in [1.82, 2.24) is 44.5 Å². The average molecular weight is 1170 g/mol. The normalized spacial score (nSPS) is 14.2. The Labute approximate surface area is 466 Å². The fourth-order valence-corrected chi connectivity index (χ4v) is 9.07. The van der Waals surface area contributed by atoms with Crippen LogP contribution in [0, 0.1) is 34.9 Å². The third-order valence-corrected chi connectivity index (χ3v) is 13.6. The van der Waals surface area contributed by atoms with E-state index in [0.717, 1.165) is 33.7 Å². The zero-order valence-corrected chi connectivity index (χ0v) is 46.2. The maximum absolute atomic E-state index is 14.9. The topological polar surface area (TPSA) is 192 Å². The van der Waals surface area contributed by atoms with Gasteiger partial charge in [-0.1, -0.05) is 30.4 Å². The van der Waals surface area contributed by atoms with Gasteiger partial charge >= 0.3 is 24.8 Å². The van der Waals surface area contributed by atoms with Crippen LogP contribution in [0.5, 0.6) is 0 Å². The summed E-state index contributed by atoms with van der Waals surface area (Å²) in [6, 6.07) is 16.8. The molecule has 0 fully saturated rings. The number of benzene rings is 3. The van der Waals surface area contributed by atoms with Crippen molar-refractivity contribution in [2.24, 2.45) is 10.0 Å². The molecule has 0 unspecified atom stereocenters. The molecule has 8 aromatic rings. The molecule has 0 saturated carbocycles. The third kappa shape index (κ3) is 13.4. The van der Waals surface area contributed by atoms with Gasteiger partial charge in [0.1, 0.15) is 46.3 Å². The van der Waals surface area contributed by atoms with E-state index in [0.29, 0.717) is 71.6 Å². The molecule has 403 valence electrons. The summed E-state index contributed by atoms with van der Waals surface area (Å²) in [5.41, 5.74) is 8.49. The van der Waals surface area contributed by atoms with Gasteiger partial charge in [0.05, 0.1) is 39.0 Å².